The maximum absolute atomic E-state index is 12.8. The van der Waals surface area contributed by atoms with Crippen molar-refractivity contribution in [2.45, 2.75) is 19.8 Å². The molecule has 2 aromatic rings. The molecule has 98 valence electrons. The van der Waals surface area contributed by atoms with E-state index in [4.69, 9.17) is 4.74 Å². The van der Waals surface area contributed by atoms with Crippen LogP contribution in [0.2, 0.25) is 0 Å². The molecule has 4 nitrogen and oxygen atoms in total. The number of nitrogens with zero attached hydrogens (tertiary/aromatic N) is 3. The Morgan fingerprint density at radius 1 is 1.44 bits per heavy atom. The first-order valence-electron chi connectivity index (χ1n) is 5.10. The van der Waals surface area contributed by atoms with Crippen LogP contribution in [-0.2, 0) is 17.6 Å². The van der Waals surface area contributed by atoms with Gasteiger partial charge >= 0.3 is 6.18 Å². The molecule has 0 bridgehead atoms. The Hall–Kier alpha value is -1.15. The van der Waals surface area contributed by atoms with Crippen molar-refractivity contribution in [3.8, 4) is 0 Å². The summed E-state index contributed by atoms with van der Waals surface area (Å²) in [5.74, 6) is -1.00. The minimum absolute atomic E-state index is 0.152. The zero-order valence-corrected chi connectivity index (χ0v) is 10.9. The van der Waals surface area contributed by atoms with Crippen LogP contribution in [0.15, 0.2) is 16.7 Å². The maximum Gasteiger partial charge on any atom is 0.449 e. The van der Waals surface area contributed by atoms with Crippen LogP contribution in [0.25, 0.3) is 11.2 Å². The number of rotatable bonds is 3. The molecule has 8 heteroatoms. The van der Waals surface area contributed by atoms with Crippen molar-refractivity contribution in [1.29, 1.82) is 0 Å². The number of halogens is 4. The van der Waals surface area contributed by atoms with E-state index in [-0.39, 0.29) is 17.9 Å². The van der Waals surface area contributed by atoms with E-state index >= 15 is 0 Å². The number of imidazole rings is 1. The minimum Gasteiger partial charge on any atom is -0.361 e. The zero-order chi connectivity index (χ0) is 13.3. The highest BCUT2D eigenvalue weighted by Gasteiger charge is 2.38. The first-order valence-corrected chi connectivity index (χ1v) is 5.89. The summed E-state index contributed by atoms with van der Waals surface area (Å²) in [7, 11) is 0. The van der Waals surface area contributed by atoms with Gasteiger partial charge in [-0.1, -0.05) is 0 Å². The molecular formula is C10H9BrF3N3O. The van der Waals surface area contributed by atoms with Gasteiger partial charge in [0.15, 0.2) is 5.65 Å². The van der Waals surface area contributed by atoms with E-state index in [1.54, 1.807) is 6.92 Å². The third-order valence-corrected chi connectivity index (χ3v) is 2.66. The standard InChI is InChI=1S/C10H9BrF3N3O/c1-2-18-5-17-8-7(3-6(11)4-15-8)16-9(17)10(12,13)14/h3-4H,2,5H2,1H3. The predicted molar refractivity (Wildman–Crippen MR) is 61.9 cm³/mol. The first-order chi connectivity index (χ1) is 8.43. The number of ether oxygens (including phenoxy) is 1. The highest BCUT2D eigenvalue weighted by Crippen LogP contribution is 2.31. The molecule has 0 spiro atoms. The van der Waals surface area contributed by atoms with Gasteiger partial charge in [0.25, 0.3) is 0 Å². The first kappa shape index (κ1) is 13.3. The molecule has 0 saturated heterocycles. The normalized spacial score (nSPS) is 12.3. The number of aromatic nitrogens is 3. The zero-order valence-electron chi connectivity index (χ0n) is 9.33. The molecule has 2 rings (SSSR count). The largest absolute Gasteiger partial charge is 0.449 e. The topological polar surface area (TPSA) is 39.9 Å². The average Bonchev–Trinajstić information content (AvgIpc) is 2.63. The second-order valence-corrected chi connectivity index (χ2v) is 4.40. The molecule has 0 atom stereocenters. The smallest absolute Gasteiger partial charge is 0.361 e. The summed E-state index contributed by atoms with van der Waals surface area (Å²) in [5.41, 5.74) is 0.329. The van der Waals surface area contributed by atoms with E-state index in [1.165, 1.54) is 12.3 Å². The monoisotopic (exact) mass is 323 g/mol. The van der Waals surface area contributed by atoms with E-state index in [0.29, 0.717) is 11.1 Å². The Morgan fingerprint density at radius 2 is 2.17 bits per heavy atom. The Balaban J connectivity index is 2.60. The summed E-state index contributed by atoms with van der Waals surface area (Å²) < 4.78 is 45.0. The summed E-state index contributed by atoms with van der Waals surface area (Å²) in [5, 5.41) is 0. The van der Waals surface area contributed by atoms with Crippen LogP contribution in [0.3, 0.4) is 0 Å². The van der Waals surface area contributed by atoms with Crippen LogP contribution in [0.4, 0.5) is 13.2 Å². The van der Waals surface area contributed by atoms with Gasteiger partial charge in [0.1, 0.15) is 12.2 Å². The Morgan fingerprint density at radius 3 is 2.78 bits per heavy atom. The molecular weight excluding hydrogens is 315 g/mol. The van der Waals surface area contributed by atoms with E-state index in [1.807, 2.05) is 0 Å². The van der Waals surface area contributed by atoms with Crippen LogP contribution in [0.5, 0.6) is 0 Å². The van der Waals surface area contributed by atoms with Crippen LogP contribution in [0, 0.1) is 0 Å². The van der Waals surface area contributed by atoms with Crippen LogP contribution in [0.1, 0.15) is 12.7 Å². The number of hydrogen-bond donors (Lipinski definition) is 0. The van der Waals surface area contributed by atoms with Gasteiger partial charge in [-0.25, -0.2) is 9.97 Å². The molecule has 0 aliphatic carbocycles. The Labute approximate surface area is 109 Å². The van der Waals surface area contributed by atoms with Gasteiger partial charge in [-0.3, -0.25) is 4.57 Å². The quantitative estimate of drug-likeness (QED) is 0.870. The molecule has 0 fully saturated rings. The van der Waals surface area contributed by atoms with Crippen LogP contribution in [-0.4, -0.2) is 21.1 Å². The Kier molecular flexibility index (Phi) is 3.58. The number of fused-ring (bicyclic) bond motifs is 1. The number of pyridine rings is 1. The van der Waals surface area contributed by atoms with Crippen molar-refractivity contribution in [3.63, 3.8) is 0 Å². The lowest BCUT2D eigenvalue weighted by atomic mass is 10.4. The van der Waals surface area contributed by atoms with Gasteiger partial charge in [-0.15, -0.1) is 0 Å². The summed E-state index contributed by atoms with van der Waals surface area (Å²) >= 11 is 3.15. The van der Waals surface area contributed by atoms with Crippen LogP contribution < -0.4 is 0 Å². The molecule has 0 N–H and O–H groups in total. The number of hydrogen-bond acceptors (Lipinski definition) is 3. The van der Waals surface area contributed by atoms with Gasteiger partial charge in [-0.05, 0) is 28.9 Å². The van der Waals surface area contributed by atoms with Crippen molar-refractivity contribution < 1.29 is 17.9 Å². The van der Waals surface area contributed by atoms with Crippen LogP contribution >= 0.6 is 15.9 Å². The van der Waals surface area contributed by atoms with Crippen molar-refractivity contribution in [3.05, 3.63) is 22.6 Å². The van der Waals surface area contributed by atoms with E-state index in [9.17, 15) is 13.2 Å². The van der Waals surface area contributed by atoms with Crippen molar-refractivity contribution in [2.24, 2.45) is 0 Å². The molecule has 0 radical (unpaired) electrons. The summed E-state index contributed by atoms with van der Waals surface area (Å²) in [6.07, 6.45) is -3.11. The summed E-state index contributed by atoms with van der Waals surface area (Å²) in [6.45, 7) is 1.79. The van der Waals surface area contributed by atoms with Gasteiger partial charge in [0.2, 0.25) is 5.82 Å². The average molecular weight is 324 g/mol. The van der Waals surface area contributed by atoms with E-state index < -0.39 is 12.0 Å². The molecule has 0 saturated carbocycles. The van der Waals surface area contributed by atoms with E-state index in [2.05, 4.69) is 25.9 Å². The molecule has 2 aromatic heterocycles. The lowest BCUT2D eigenvalue weighted by Crippen LogP contribution is -2.16. The van der Waals surface area contributed by atoms with E-state index in [0.717, 1.165) is 4.57 Å². The fourth-order valence-corrected chi connectivity index (χ4v) is 1.83. The van der Waals surface area contributed by atoms with Crippen molar-refractivity contribution in [1.82, 2.24) is 14.5 Å². The molecule has 18 heavy (non-hydrogen) atoms. The SMILES string of the molecule is CCOCn1c(C(F)(F)F)nc2cc(Br)cnc21. The van der Waals surface area contributed by atoms with Crippen molar-refractivity contribution >= 4 is 27.1 Å². The summed E-state index contributed by atoms with van der Waals surface area (Å²) in [4.78, 5) is 7.50. The van der Waals surface area contributed by atoms with Gasteiger partial charge < -0.3 is 4.74 Å². The highest BCUT2D eigenvalue weighted by atomic mass is 79.9. The molecule has 2 heterocycles. The van der Waals surface area contributed by atoms with Gasteiger partial charge in [0, 0.05) is 17.3 Å². The molecule has 0 amide bonds. The maximum atomic E-state index is 12.8. The van der Waals surface area contributed by atoms with Gasteiger partial charge in [0.05, 0.1) is 0 Å². The fourth-order valence-electron chi connectivity index (χ4n) is 1.51. The summed E-state index contributed by atoms with van der Waals surface area (Å²) in [6, 6.07) is 1.49. The molecule has 0 unspecified atom stereocenters. The second kappa shape index (κ2) is 4.85. The lowest BCUT2D eigenvalue weighted by molar-refractivity contribution is -0.149. The van der Waals surface area contributed by atoms with Crippen molar-refractivity contribution in [2.75, 3.05) is 6.61 Å². The van der Waals surface area contributed by atoms with Gasteiger partial charge in [-0.2, -0.15) is 13.2 Å². The number of alkyl halides is 3. The third kappa shape index (κ3) is 2.49. The molecule has 0 aliphatic rings. The fraction of sp³-hybridized carbons (Fsp3) is 0.400. The molecule has 0 aliphatic heterocycles. The second-order valence-electron chi connectivity index (χ2n) is 3.48. The third-order valence-electron chi connectivity index (χ3n) is 2.23. The Bertz CT molecular complexity index is 567. The minimum atomic E-state index is -4.54. The lowest BCUT2D eigenvalue weighted by Gasteiger charge is -2.10. The molecule has 0 aromatic carbocycles. The predicted octanol–water partition coefficient (Wildman–Crippen LogP) is 3.21. The highest BCUT2D eigenvalue weighted by molar-refractivity contribution is 9.10.